The molecule has 1 aliphatic rings. The predicted molar refractivity (Wildman–Crippen MR) is 89.5 cm³/mol. The molecule has 0 unspecified atom stereocenters. The largest absolute Gasteiger partial charge is 0.290 e. The number of hydrogen-bond acceptors (Lipinski definition) is 3. The average Bonchev–Trinajstić information content (AvgIpc) is 2.96. The number of nitrogens with zero attached hydrogens (tertiary/aromatic N) is 4. The third kappa shape index (κ3) is 2.61. The van der Waals surface area contributed by atoms with E-state index in [-0.39, 0.29) is 11.8 Å². The fourth-order valence-electron chi connectivity index (χ4n) is 2.69. The van der Waals surface area contributed by atoms with Gasteiger partial charge in [-0.1, -0.05) is 23.7 Å². The summed E-state index contributed by atoms with van der Waals surface area (Å²) in [7, 11) is 0. The minimum absolute atomic E-state index is 0.157. The molecule has 2 heterocycles. The predicted octanol–water partition coefficient (Wildman–Crippen LogP) is 3.27. The van der Waals surface area contributed by atoms with Crippen LogP contribution in [-0.4, -0.2) is 28.1 Å². The van der Waals surface area contributed by atoms with Gasteiger partial charge in [-0.15, -0.1) is 11.6 Å². The van der Waals surface area contributed by atoms with Gasteiger partial charge in [0.1, 0.15) is 17.5 Å². The molecule has 0 fully saturated rings. The summed E-state index contributed by atoms with van der Waals surface area (Å²) in [6.07, 6.45) is 1.45. The number of carbonyl (C=O) groups excluding carboxylic acids is 1. The van der Waals surface area contributed by atoms with Crippen LogP contribution in [0, 0.1) is 11.3 Å². The molecule has 0 bridgehead atoms. The molecule has 0 radical (unpaired) electrons. The Morgan fingerprint density at radius 3 is 2.91 bits per heavy atom. The Labute approximate surface area is 143 Å². The maximum atomic E-state index is 12.1. The van der Waals surface area contributed by atoms with Gasteiger partial charge in [-0.3, -0.25) is 9.69 Å². The molecule has 5 nitrogen and oxygen atoms in total. The van der Waals surface area contributed by atoms with Crippen LogP contribution >= 0.6 is 23.2 Å². The lowest BCUT2D eigenvalue weighted by molar-refractivity contribution is -0.116. The lowest BCUT2D eigenvalue weighted by Gasteiger charge is -2.30. The fraction of sp³-hybridized carbons (Fsp3) is 0.188. The lowest BCUT2D eigenvalue weighted by atomic mass is 10.0. The van der Waals surface area contributed by atoms with Crippen molar-refractivity contribution >= 4 is 40.6 Å². The first-order chi connectivity index (χ1) is 11.1. The summed E-state index contributed by atoms with van der Waals surface area (Å²) in [5.41, 5.74) is 2.96. The number of benzene rings is 1. The number of hydrogen-bond donors (Lipinski definition) is 0. The summed E-state index contributed by atoms with van der Waals surface area (Å²) >= 11 is 11.8. The molecule has 1 amide bonds. The molecule has 0 N–H and O–H groups in total. The van der Waals surface area contributed by atoms with Crippen molar-refractivity contribution in [3.05, 3.63) is 52.2 Å². The van der Waals surface area contributed by atoms with Crippen LogP contribution in [0.3, 0.4) is 0 Å². The fourth-order valence-corrected chi connectivity index (χ4v) is 3.03. The Morgan fingerprint density at radius 2 is 2.26 bits per heavy atom. The van der Waals surface area contributed by atoms with Crippen LogP contribution in [0.25, 0.3) is 5.70 Å². The van der Waals surface area contributed by atoms with Crippen LogP contribution in [-0.2, 0) is 4.79 Å². The zero-order chi connectivity index (χ0) is 16.6. The van der Waals surface area contributed by atoms with Crippen molar-refractivity contribution in [3.63, 3.8) is 0 Å². The molecule has 3 rings (SSSR count). The topological polar surface area (TPSA) is 61.9 Å². The van der Waals surface area contributed by atoms with E-state index in [2.05, 4.69) is 11.2 Å². The second-order valence-electron chi connectivity index (χ2n) is 5.16. The second-order valence-corrected chi connectivity index (χ2v) is 5.86. The number of alkyl halides is 1. The summed E-state index contributed by atoms with van der Waals surface area (Å²) in [5, 5.41) is 14.2. The van der Waals surface area contributed by atoms with Gasteiger partial charge in [-0.05, 0) is 24.6 Å². The van der Waals surface area contributed by atoms with Crippen molar-refractivity contribution in [2.75, 3.05) is 17.3 Å². The molecule has 2 aromatic rings. The third-order valence-electron chi connectivity index (χ3n) is 3.64. The zero-order valence-electron chi connectivity index (χ0n) is 12.3. The van der Waals surface area contributed by atoms with E-state index >= 15 is 0 Å². The van der Waals surface area contributed by atoms with Crippen molar-refractivity contribution in [3.8, 4) is 6.07 Å². The summed E-state index contributed by atoms with van der Waals surface area (Å²) < 4.78 is 1.60. The highest BCUT2D eigenvalue weighted by molar-refractivity contribution is 6.31. The minimum Gasteiger partial charge on any atom is -0.290 e. The van der Waals surface area contributed by atoms with E-state index in [1.807, 2.05) is 25.1 Å². The first-order valence-corrected chi connectivity index (χ1v) is 7.78. The molecule has 0 saturated carbocycles. The second kappa shape index (κ2) is 6.07. The molecular weight excluding hydrogens is 335 g/mol. The molecule has 1 aromatic heterocycles. The first kappa shape index (κ1) is 15.6. The SMILES string of the molecule is CC1=C(c2cccc(Cl)c2)n2ncc(C#N)c2N(C(=O)CCl)C1. The number of amides is 1. The normalized spacial score (nSPS) is 13.7. The molecule has 0 atom stereocenters. The van der Waals surface area contributed by atoms with Crippen molar-refractivity contribution in [2.24, 2.45) is 0 Å². The van der Waals surface area contributed by atoms with E-state index in [0.29, 0.717) is 22.9 Å². The summed E-state index contributed by atoms with van der Waals surface area (Å²) in [4.78, 5) is 13.6. The quantitative estimate of drug-likeness (QED) is 0.784. The molecule has 0 spiro atoms. The van der Waals surface area contributed by atoms with Crippen LogP contribution in [0.2, 0.25) is 5.02 Å². The van der Waals surface area contributed by atoms with Crippen LogP contribution in [0.4, 0.5) is 5.82 Å². The molecule has 116 valence electrons. The summed E-state index contributed by atoms with van der Waals surface area (Å²) in [6, 6.07) is 9.46. The number of anilines is 1. The van der Waals surface area contributed by atoms with Gasteiger partial charge in [0, 0.05) is 10.6 Å². The minimum atomic E-state index is -0.269. The van der Waals surface area contributed by atoms with Crippen LogP contribution in [0.5, 0.6) is 0 Å². The lowest BCUT2D eigenvalue weighted by Crippen LogP contribution is -2.38. The highest BCUT2D eigenvalue weighted by atomic mass is 35.5. The third-order valence-corrected chi connectivity index (χ3v) is 4.11. The molecule has 23 heavy (non-hydrogen) atoms. The number of fused-ring (bicyclic) bond motifs is 1. The molecule has 7 heteroatoms. The molecule has 1 aliphatic heterocycles. The van der Waals surface area contributed by atoms with Gasteiger partial charge >= 0.3 is 0 Å². The number of aromatic nitrogens is 2. The Bertz CT molecular complexity index is 863. The number of carbonyl (C=O) groups is 1. The van der Waals surface area contributed by atoms with Crippen molar-refractivity contribution < 1.29 is 4.79 Å². The van der Waals surface area contributed by atoms with Gasteiger partial charge in [0.05, 0.1) is 18.4 Å². The van der Waals surface area contributed by atoms with Crippen molar-refractivity contribution in [1.82, 2.24) is 9.78 Å². The first-order valence-electron chi connectivity index (χ1n) is 6.87. The monoisotopic (exact) mass is 346 g/mol. The average molecular weight is 347 g/mol. The van der Waals surface area contributed by atoms with Crippen LogP contribution in [0.15, 0.2) is 36.0 Å². The van der Waals surface area contributed by atoms with Crippen LogP contribution in [0.1, 0.15) is 18.1 Å². The number of halogens is 2. The molecule has 1 aromatic carbocycles. The highest BCUT2D eigenvalue weighted by Crippen LogP contribution is 2.34. The van der Waals surface area contributed by atoms with Gasteiger partial charge in [0.15, 0.2) is 5.82 Å². The van der Waals surface area contributed by atoms with E-state index in [4.69, 9.17) is 23.2 Å². The van der Waals surface area contributed by atoms with Crippen molar-refractivity contribution in [1.29, 1.82) is 5.26 Å². The molecule has 0 aliphatic carbocycles. The van der Waals surface area contributed by atoms with Crippen molar-refractivity contribution in [2.45, 2.75) is 6.92 Å². The highest BCUT2D eigenvalue weighted by Gasteiger charge is 2.30. The summed E-state index contributed by atoms with van der Waals surface area (Å²) in [6.45, 7) is 2.27. The smallest absolute Gasteiger partial charge is 0.243 e. The Hall–Kier alpha value is -2.29. The van der Waals surface area contributed by atoms with Gasteiger partial charge in [-0.25, -0.2) is 4.68 Å². The van der Waals surface area contributed by atoms with Gasteiger partial charge in [0.2, 0.25) is 5.91 Å². The summed E-state index contributed by atoms with van der Waals surface area (Å²) in [5.74, 6) is 0.0173. The van der Waals surface area contributed by atoms with Gasteiger partial charge in [0.25, 0.3) is 0 Å². The molecule has 0 saturated heterocycles. The van der Waals surface area contributed by atoms with E-state index in [1.165, 1.54) is 11.1 Å². The van der Waals surface area contributed by atoms with E-state index in [9.17, 15) is 10.1 Å². The maximum Gasteiger partial charge on any atom is 0.243 e. The zero-order valence-corrected chi connectivity index (χ0v) is 13.8. The van der Waals surface area contributed by atoms with Crippen LogP contribution < -0.4 is 4.90 Å². The standard InChI is InChI=1S/C16H12Cl2N4O/c1-10-9-21(14(23)6-17)16-12(7-19)8-20-22(16)15(10)11-3-2-4-13(18)5-11/h2-5,8H,6,9H2,1H3. The van der Waals surface area contributed by atoms with Gasteiger partial charge < -0.3 is 0 Å². The number of nitriles is 1. The maximum absolute atomic E-state index is 12.1. The Morgan fingerprint density at radius 1 is 1.48 bits per heavy atom. The van der Waals surface area contributed by atoms with Gasteiger partial charge in [-0.2, -0.15) is 10.4 Å². The Balaban J connectivity index is 2.22. The molecular formula is C16H12Cl2N4O. The van der Waals surface area contributed by atoms with E-state index in [1.54, 1.807) is 10.7 Å². The van der Waals surface area contributed by atoms with E-state index < -0.39 is 0 Å². The number of rotatable bonds is 2. The van der Waals surface area contributed by atoms with E-state index in [0.717, 1.165) is 16.8 Å². The Kier molecular flexibility index (Phi) is 4.12.